The zero-order valence-electron chi connectivity index (χ0n) is 13.6. The van der Waals surface area contributed by atoms with Crippen LogP contribution in [-0.4, -0.2) is 4.86 Å². The third-order valence-electron chi connectivity index (χ3n) is 5.04. The van der Waals surface area contributed by atoms with Crippen LogP contribution in [0.2, 0.25) is 0 Å². The zero-order chi connectivity index (χ0) is 16.4. The van der Waals surface area contributed by atoms with Gasteiger partial charge in [-0.15, -0.1) is 0 Å². The van der Waals surface area contributed by atoms with Crippen molar-refractivity contribution in [2.75, 3.05) is 0 Å². The Morgan fingerprint density at radius 3 is 1.71 bits per heavy atom. The fourth-order valence-electron chi connectivity index (χ4n) is 3.95. The molecule has 3 aromatic carbocycles. The summed E-state index contributed by atoms with van der Waals surface area (Å²) in [6, 6.07) is 30.2. The SMILES string of the molecule is S=C1c2ccccc2CC1(Cc1ccccc1)Cc1ccccc1. The molecule has 0 saturated heterocycles. The minimum Gasteiger partial charge on any atom is -0.0836 e. The van der Waals surface area contributed by atoms with Crippen LogP contribution in [-0.2, 0) is 19.3 Å². The second-order valence-corrected chi connectivity index (χ2v) is 7.18. The lowest BCUT2D eigenvalue weighted by molar-refractivity contribution is 0.429. The van der Waals surface area contributed by atoms with Gasteiger partial charge in [0, 0.05) is 10.3 Å². The molecular weight excluding hydrogens is 308 g/mol. The van der Waals surface area contributed by atoms with Gasteiger partial charge in [0.25, 0.3) is 0 Å². The highest BCUT2D eigenvalue weighted by atomic mass is 32.1. The molecule has 3 aromatic rings. The molecule has 1 aliphatic rings. The number of hydrogen-bond acceptors (Lipinski definition) is 1. The maximum atomic E-state index is 6.01. The van der Waals surface area contributed by atoms with E-state index in [1.54, 1.807) is 0 Å². The van der Waals surface area contributed by atoms with Gasteiger partial charge in [0.1, 0.15) is 0 Å². The Morgan fingerprint density at radius 1 is 0.667 bits per heavy atom. The van der Waals surface area contributed by atoms with Crippen molar-refractivity contribution in [3.63, 3.8) is 0 Å². The Kier molecular flexibility index (Phi) is 4.03. The van der Waals surface area contributed by atoms with Crippen molar-refractivity contribution in [3.05, 3.63) is 107 Å². The third kappa shape index (κ3) is 2.81. The van der Waals surface area contributed by atoms with Gasteiger partial charge >= 0.3 is 0 Å². The monoisotopic (exact) mass is 328 g/mol. The lowest BCUT2D eigenvalue weighted by Gasteiger charge is -2.30. The summed E-state index contributed by atoms with van der Waals surface area (Å²) in [6.45, 7) is 0. The molecule has 0 heterocycles. The van der Waals surface area contributed by atoms with Crippen molar-refractivity contribution >= 4 is 17.1 Å². The van der Waals surface area contributed by atoms with E-state index in [0.29, 0.717) is 0 Å². The van der Waals surface area contributed by atoms with Crippen LogP contribution in [0.15, 0.2) is 84.9 Å². The Bertz CT molecular complexity index is 808. The first-order valence-electron chi connectivity index (χ1n) is 8.47. The van der Waals surface area contributed by atoms with Gasteiger partial charge in [0.2, 0.25) is 0 Å². The number of benzene rings is 3. The molecule has 0 radical (unpaired) electrons. The van der Waals surface area contributed by atoms with Crippen LogP contribution in [0.4, 0.5) is 0 Å². The first-order valence-corrected chi connectivity index (χ1v) is 8.88. The average Bonchev–Trinajstić information content (AvgIpc) is 2.89. The number of thiocarbonyl (C=S) groups is 1. The highest BCUT2D eigenvalue weighted by molar-refractivity contribution is 7.81. The number of hydrogen-bond donors (Lipinski definition) is 0. The fourth-order valence-corrected chi connectivity index (χ4v) is 4.36. The van der Waals surface area contributed by atoms with Gasteiger partial charge in [-0.25, -0.2) is 0 Å². The normalized spacial score (nSPS) is 15.2. The van der Waals surface area contributed by atoms with Crippen LogP contribution in [0.1, 0.15) is 22.3 Å². The third-order valence-corrected chi connectivity index (χ3v) is 5.70. The van der Waals surface area contributed by atoms with Gasteiger partial charge in [-0.05, 0) is 41.5 Å². The summed E-state index contributed by atoms with van der Waals surface area (Å²) in [6.07, 6.45) is 3.03. The molecule has 0 N–H and O–H groups in total. The smallest absolute Gasteiger partial charge is 0.0299 e. The molecule has 0 atom stereocenters. The van der Waals surface area contributed by atoms with Crippen molar-refractivity contribution in [2.45, 2.75) is 19.3 Å². The van der Waals surface area contributed by atoms with Gasteiger partial charge < -0.3 is 0 Å². The summed E-state index contributed by atoms with van der Waals surface area (Å²) in [4.78, 5) is 1.13. The molecule has 0 nitrogen and oxygen atoms in total. The van der Waals surface area contributed by atoms with Crippen LogP contribution in [0, 0.1) is 5.41 Å². The van der Waals surface area contributed by atoms with E-state index in [2.05, 4.69) is 84.9 Å². The number of rotatable bonds is 4. The molecule has 0 bridgehead atoms. The molecule has 0 fully saturated rings. The van der Waals surface area contributed by atoms with E-state index >= 15 is 0 Å². The lowest BCUT2D eigenvalue weighted by Crippen LogP contribution is -2.32. The van der Waals surface area contributed by atoms with Crippen LogP contribution in [0.3, 0.4) is 0 Å². The van der Waals surface area contributed by atoms with Crippen molar-refractivity contribution in [2.24, 2.45) is 5.41 Å². The molecule has 1 heteroatoms. The highest BCUT2D eigenvalue weighted by Gasteiger charge is 2.42. The zero-order valence-corrected chi connectivity index (χ0v) is 14.4. The van der Waals surface area contributed by atoms with Gasteiger partial charge in [-0.1, -0.05) is 97.1 Å². The van der Waals surface area contributed by atoms with E-state index in [-0.39, 0.29) is 5.41 Å². The van der Waals surface area contributed by atoms with E-state index in [1.807, 2.05) is 0 Å². The van der Waals surface area contributed by atoms with Crippen molar-refractivity contribution < 1.29 is 0 Å². The average molecular weight is 328 g/mol. The second kappa shape index (κ2) is 6.33. The molecule has 4 rings (SSSR count). The predicted molar refractivity (Wildman–Crippen MR) is 105 cm³/mol. The Hall–Kier alpha value is -2.25. The van der Waals surface area contributed by atoms with Crippen LogP contribution >= 0.6 is 12.2 Å². The highest BCUT2D eigenvalue weighted by Crippen LogP contribution is 2.42. The second-order valence-electron chi connectivity index (χ2n) is 6.77. The van der Waals surface area contributed by atoms with Crippen LogP contribution < -0.4 is 0 Å². The first kappa shape index (κ1) is 15.3. The largest absolute Gasteiger partial charge is 0.0836 e. The Morgan fingerprint density at radius 2 is 1.17 bits per heavy atom. The molecular formula is C23H20S. The van der Waals surface area contributed by atoms with E-state index in [0.717, 1.165) is 24.1 Å². The van der Waals surface area contributed by atoms with Crippen molar-refractivity contribution in [3.8, 4) is 0 Å². The summed E-state index contributed by atoms with van der Waals surface area (Å²) in [5.74, 6) is 0. The molecule has 118 valence electrons. The Balaban J connectivity index is 1.75. The maximum absolute atomic E-state index is 6.01. The van der Waals surface area contributed by atoms with Gasteiger partial charge in [0.15, 0.2) is 0 Å². The summed E-state index contributed by atoms with van der Waals surface area (Å²) in [7, 11) is 0. The van der Waals surface area contributed by atoms with Crippen molar-refractivity contribution in [1.82, 2.24) is 0 Å². The van der Waals surface area contributed by atoms with E-state index in [9.17, 15) is 0 Å². The number of fused-ring (bicyclic) bond motifs is 1. The quantitative estimate of drug-likeness (QED) is 0.575. The molecule has 0 aliphatic heterocycles. The molecule has 0 saturated carbocycles. The van der Waals surface area contributed by atoms with Gasteiger partial charge in [-0.3, -0.25) is 0 Å². The molecule has 24 heavy (non-hydrogen) atoms. The molecule has 0 aromatic heterocycles. The molecule has 0 unspecified atom stereocenters. The Labute approximate surface area is 149 Å². The standard InChI is InChI=1S/C23H20S/c24-22-21-14-8-7-13-20(21)17-23(22,15-18-9-3-1-4-10-18)16-19-11-5-2-6-12-19/h1-14H,15-17H2. The summed E-state index contributed by atoms with van der Waals surface area (Å²) in [5, 5.41) is 0. The first-order chi connectivity index (χ1) is 11.8. The van der Waals surface area contributed by atoms with Crippen LogP contribution in [0.5, 0.6) is 0 Å². The predicted octanol–water partition coefficient (Wildman–Crippen LogP) is 5.43. The molecule has 0 amide bonds. The van der Waals surface area contributed by atoms with E-state index in [4.69, 9.17) is 12.2 Å². The fraction of sp³-hybridized carbons (Fsp3) is 0.174. The maximum Gasteiger partial charge on any atom is 0.0299 e. The summed E-state index contributed by atoms with van der Waals surface area (Å²) in [5.41, 5.74) is 5.41. The van der Waals surface area contributed by atoms with Gasteiger partial charge in [-0.2, -0.15) is 0 Å². The molecule has 1 aliphatic carbocycles. The minimum absolute atomic E-state index is 0.00171. The minimum atomic E-state index is 0.00171. The van der Waals surface area contributed by atoms with Gasteiger partial charge in [0.05, 0.1) is 0 Å². The summed E-state index contributed by atoms with van der Waals surface area (Å²) >= 11 is 6.01. The topological polar surface area (TPSA) is 0 Å². The molecule has 0 spiro atoms. The lowest BCUT2D eigenvalue weighted by atomic mass is 9.74. The van der Waals surface area contributed by atoms with E-state index < -0.39 is 0 Å². The van der Waals surface area contributed by atoms with Crippen LogP contribution in [0.25, 0.3) is 0 Å². The summed E-state index contributed by atoms with van der Waals surface area (Å²) < 4.78 is 0. The van der Waals surface area contributed by atoms with Crippen molar-refractivity contribution in [1.29, 1.82) is 0 Å². The van der Waals surface area contributed by atoms with E-state index in [1.165, 1.54) is 22.3 Å².